The van der Waals surface area contributed by atoms with Crippen molar-refractivity contribution in [3.63, 3.8) is 0 Å². The third-order valence-corrected chi connectivity index (χ3v) is 6.54. The van der Waals surface area contributed by atoms with E-state index in [2.05, 4.69) is 15.6 Å². The average Bonchev–Trinajstić information content (AvgIpc) is 3.51. The molecule has 1 aliphatic heterocycles. The Balaban J connectivity index is 1.55. The van der Waals surface area contributed by atoms with Gasteiger partial charge in [-0.25, -0.2) is 4.39 Å². The molecule has 8 heteroatoms. The highest BCUT2D eigenvalue weighted by Gasteiger charge is 2.42. The summed E-state index contributed by atoms with van der Waals surface area (Å²) < 4.78 is 19.8. The summed E-state index contributed by atoms with van der Waals surface area (Å²) in [5, 5.41) is 6.89. The molecule has 1 saturated heterocycles. The molecule has 0 unspecified atom stereocenters. The van der Waals surface area contributed by atoms with Gasteiger partial charge in [0, 0.05) is 29.6 Å². The van der Waals surface area contributed by atoms with Crippen LogP contribution in [0.25, 0.3) is 11.3 Å². The van der Waals surface area contributed by atoms with E-state index in [9.17, 15) is 9.18 Å². The van der Waals surface area contributed by atoms with Crippen LogP contribution in [0.1, 0.15) is 42.4 Å². The number of hydrogen-bond acceptors (Lipinski definition) is 4. The quantitative estimate of drug-likeness (QED) is 0.302. The highest BCUT2D eigenvalue weighted by molar-refractivity contribution is 7.80. The predicted octanol–water partition coefficient (Wildman–Crippen LogP) is 6.31. The molecule has 0 spiro atoms. The molecule has 182 valence electrons. The van der Waals surface area contributed by atoms with Gasteiger partial charge in [-0.2, -0.15) is 0 Å². The van der Waals surface area contributed by atoms with Crippen LogP contribution in [0, 0.1) is 12.7 Å². The molecule has 36 heavy (non-hydrogen) atoms. The maximum Gasteiger partial charge on any atom is 0.224 e. The van der Waals surface area contributed by atoms with E-state index in [0.717, 1.165) is 28.2 Å². The second kappa shape index (κ2) is 9.91. The predicted molar refractivity (Wildman–Crippen MR) is 142 cm³/mol. The third kappa shape index (κ3) is 4.59. The Morgan fingerprint density at radius 1 is 1.14 bits per heavy atom. The number of furan rings is 1. The molecule has 2 atom stereocenters. The van der Waals surface area contributed by atoms with E-state index in [0.29, 0.717) is 23.1 Å². The number of rotatable bonds is 6. The number of carbonyl (C=O) groups excluding carboxylic acids is 1. The topological polar surface area (TPSA) is 70.4 Å². The fourth-order valence-corrected chi connectivity index (χ4v) is 4.73. The number of pyridine rings is 1. The summed E-state index contributed by atoms with van der Waals surface area (Å²) in [6, 6.07) is 21.0. The van der Waals surface area contributed by atoms with Gasteiger partial charge in [0.15, 0.2) is 5.11 Å². The van der Waals surface area contributed by atoms with Crippen molar-refractivity contribution in [2.24, 2.45) is 0 Å². The van der Waals surface area contributed by atoms with Crippen LogP contribution < -0.4 is 15.5 Å². The van der Waals surface area contributed by atoms with Crippen LogP contribution in [0.15, 0.2) is 83.4 Å². The van der Waals surface area contributed by atoms with Gasteiger partial charge in [0.25, 0.3) is 0 Å². The van der Waals surface area contributed by atoms with Gasteiger partial charge in [0.1, 0.15) is 23.4 Å². The van der Waals surface area contributed by atoms with Crippen LogP contribution in [0.5, 0.6) is 0 Å². The Bertz CT molecular complexity index is 1400. The number of halogens is 1. The van der Waals surface area contributed by atoms with Crippen molar-refractivity contribution in [2.45, 2.75) is 32.4 Å². The number of aryl methyl sites for hydroxylation is 1. The number of amides is 1. The zero-order valence-electron chi connectivity index (χ0n) is 19.9. The van der Waals surface area contributed by atoms with E-state index in [-0.39, 0.29) is 23.8 Å². The number of thiocarbonyl (C=S) groups is 1. The Morgan fingerprint density at radius 2 is 1.94 bits per heavy atom. The molecule has 1 aliphatic rings. The lowest BCUT2D eigenvalue weighted by Crippen LogP contribution is -2.29. The van der Waals surface area contributed by atoms with Crippen LogP contribution in [0.3, 0.4) is 0 Å². The van der Waals surface area contributed by atoms with Gasteiger partial charge in [0.05, 0.1) is 11.7 Å². The molecule has 2 N–H and O–H groups in total. The number of nitrogens with one attached hydrogen (secondary N) is 2. The molecule has 1 amide bonds. The number of nitrogens with zero attached hydrogens (tertiary/aromatic N) is 2. The van der Waals surface area contributed by atoms with E-state index in [4.69, 9.17) is 16.6 Å². The Hall–Kier alpha value is -4.04. The lowest BCUT2D eigenvalue weighted by Gasteiger charge is -2.26. The molecular formula is C28H25FN4O2S. The number of carbonyl (C=O) groups is 1. The number of anilines is 2. The minimum atomic E-state index is -0.322. The van der Waals surface area contributed by atoms with Crippen LogP contribution in [0.4, 0.5) is 15.8 Å². The summed E-state index contributed by atoms with van der Waals surface area (Å²) >= 11 is 5.79. The van der Waals surface area contributed by atoms with Crippen molar-refractivity contribution in [3.05, 3.63) is 102 Å². The molecule has 5 rings (SSSR count). The highest BCUT2D eigenvalue weighted by Crippen LogP contribution is 2.43. The molecule has 2 aromatic carbocycles. The van der Waals surface area contributed by atoms with Crippen LogP contribution in [0.2, 0.25) is 0 Å². The molecule has 0 aliphatic carbocycles. The van der Waals surface area contributed by atoms with Crippen molar-refractivity contribution in [1.29, 1.82) is 0 Å². The van der Waals surface area contributed by atoms with E-state index < -0.39 is 0 Å². The van der Waals surface area contributed by atoms with Crippen molar-refractivity contribution < 1.29 is 13.6 Å². The van der Waals surface area contributed by atoms with Gasteiger partial charge < -0.3 is 20.0 Å². The molecule has 2 aromatic heterocycles. The number of benzene rings is 2. The van der Waals surface area contributed by atoms with Gasteiger partial charge in [-0.1, -0.05) is 13.0 Å². The maximum absolute atomic E-state index is 13.4. The summed E-state index contributed by atoms with van der Waals surface area (Å²) in [5.41, 5.74) is 4.16. The lowest BCUT2D eigenvalue weighted by atomic mass is 10.0. The molecule has 4 aromatic rings. The van der Waals surface area contributed by atoms with Crippen molar-refractivity contribution in [3.8, 4) is 11.3 Å². The monoisotopic (exact) mass is 500 g/mol. The fraction of sp³-hybridized carbons (Fsp3) is 0.179. The Morgan fingerprint density at radius 3 is 2.64 bits per heavy atom. The standard InChI is InChI=1S/C28H25FN4O2S/c1-3-25(34)31-21-12-11-20(16-17(21)2)33-27(26(32-28(33)36)22-6-4-5-15-30-22)24-14-13-23(35-24)18-7-9-19(29)10-8-18/h4-16,26-27H,3H2,1-2H3,(H,31,34)(H,32,36)/t26-,27-/m1/s1. The van der Waals surface area contributed by atoms with Crippen molar-refractivity contribution >= 4 is 34.6 Å². The molecule has 6 nitrogen and oxygen atoms in total. The summed E-state index contributed by atoms with van der Waals surface area (Å²) in [6.07, 6.45) is 2.16. The zero-order chi connectivity index (χ0) is 25.2. The molecule has 0 radical (unpaired) electrons. The lowest BCUT2D eigenvalue weighted by molar-refractivity contribution is -0.115. The fourth-order valence-electron chi connectivity index (χ4n) is 4.38. The largest absolute Gasteiger partial charge is 0.459 e. The van der Waals surface area contributed by atoms with Crippen LogP contribution >= 0.6 is 12.2 Å². The normalized spacial score (nSPS) is 17.2. The Labute approximate surface area is 214 Å². The first-order valence-corrected chi connectivity index (χ1v) is 12.1. The van der Waals surface area contributed by atoms with E-state index in [1.54, 1.807) is 18.3 Å². The maximum atomic E-state index is 13.4. The minimum absolute atomic E-state index is 0.0405. The minimum Gasteiger partial charge on any atom is -0.459 e. The van der Waals surface area contributed by atoms with E-state index in [1.165, 1.54) is 12.1 Å². The molecule has 0 saturated carbocycles. The summed E-state index contributed by atoms with van der Waals surface area (Å²) in [7, 11) is 0. The van der Waals surface area contributed by atoms with Crippen LogP contribution in [-0.2, 0) is 4.79 Å². The number of aromatic nitrogens is 1. The van der Waals surface area contributed by atoms with Crippen LogP contribution in [-0.4, -0.2) is 16.0 Å². The first kappa shape index (κ1) is 23.7. The second-order valence-corrected chi connectivity index (χ2v) is 8.99. The molecular weight excluding hydrogens is 475 g/mol. The SMILES string of the molecule is CCC(=O)Nc1ccc(N2C(=S)N[C@H](c3ccccn3)[C@H]2c2ccc(-c3ccc(F)cc3)o2)cc1C. The molecule has 3 heterocycles. The smallest absolute Gasteiger partial charge is 0.224 e. The highest BCUT2D eigenvalue weighted by atomic mass is 32.1. The van der Waals surface area contributed by atoms with Gasteiger partial charge in [-0.3, -0.25) is 9.78 Å². The van der Waals surface area contributed by atoms with E-state index >= 15 is 0 Å². The van der Waals surface area contributed by atoms with Gasteiger partial charge in [-0.05, 0) is 91.4 Å². The summed E-state index contributed by atoms with van der Waals surface area (Å²) in [4.78, 5) is 18.5. The van der Waals surface area contributed by atoms with Crippen molar-refractivity contribution in [1.82, 2.24) is 10.3 Å². The number of hydrogen-bond donors (Lipinski definition) is 2. The van der Waals surface area contributed by atoms with Crippen molar-refractivity contribution in [2.75, 3.05) is 10.2 Å². The van der Waals surface area contributed by atoms with E-state index in [1.807, 2.05) is 67.3 Å². The molecule has 0 bridgehead atoms. The average molecular weight is 501 g/mol. The van der Waals surface area contributed by atoms with Gasteiger partial charge in [0.2, 0.25) is 5.91 Å². The Kier molecular flexibility index (Phi) is 6.52. The van der Waals surface area contributed by atoms with Gasteiger partial charge >= 0.3 is 0 Å². The zero-order valence-corrected chi connectivity index (χ0v) is 20.7. The first-order valence-electron chi connectivity index (χ1n) is 11.7. The molecule has 1 fully saturated rings. The first-order chi connectivity index (χ1) is 17.4. The summed E-state index contributed by atoms with van der Waals surface area (Å²) in [5.74, 6) is 0.988. The second-order valence-electron chi connectivity index (χ2n) is 8.61. The summed E-state index contributed by atoms with van der Waals surface area (Å²) in [6.45, 7) is 3.77. The third-order valence-electron chi connectivity index (χ3n) is 6.23. The van der Waals surface area contributed by atoms with Gasteiger partial charge in [-0.15, -0.1) is 0 Å².